The van der Waals surface area contributed by atoms with Crippen molar-refractivity contribution in [1.82, 2.24) is 50.1 Å². The minimum Gasteiger partial charge on any atom is -0.352 e. The van der Waals surface area contributed by atoms with Crippen LogP contribution >= 0.6 is 0 Å². The third-order valence-corrected chi connectivity index (χ3v) is 10.3. The Morgan fingerprint density at radius 2 is 1.24 bits per heavy atom. The number of aromatic nitrogens is 8. The summed E-state index contributed by atoms with van der Waals surface area (Å²) in [6.07, 6.45) is 15.1. The highest BCUT2D eigenvalue weighted by molar-refractivity contribution is 5.95. The van der Waals surface area contributed by atoms with Crippen LogP contribution in [-0.4, -0.2) is 64.4 Å². The number of rotatable bonds is 12. The van der Waals surface area contributed by atoms with Gasteiger partial charge >= 0.3 is 0 Å². The van der Waals surface area contributed by atoms with E-state index in [4.69, 9.17) is 5.10 Å². The molecule has 0 saturated heterocycles. The maximum absolute atomic E-state index is 13.4. The molecule has 2 amide bonds. The van der Waals surface area contributed by atoms with E-state index in [9.17, 15) is 9.59 Å². The van der Waals surface area contributed by atoms with Crippen LogP contribution in [0.4, 0.5) is 0 Å². The summed E-state index contributed by atoms with van der Waals surface area (Å²) in [5.41, 5.74) is 11.0. The smallest absolute Gasteiger partial charge is 0.251 e. The molecule has 0 aliphatic rings. The minimum atomic E-state index is -0.208. The topological polar surface area (TPSA) is 145 Å². The number of carbonyl (C=O) groups is 2. The first-order chi connectivity index (χ1) is 30.9. The summed E-state index contributed by atoms with van der Waals surface area (Å²) < 4.78 is 3.68. The van der Waals surface area contributed by atoms with Crippen LogP contribution < -0.4 is 10.6 Å². The summed E-state index contributed by atoms with van der Waals surface area (Å²) >= 11 is 0. The largest absolute Gasteiger partial charge is 0.352 e. The van der Waals surface area contributed by atoms with Crippen molar-refractivity contribution in [3.8, 4) is 35.1 Å². The molecule has 63 heavy (non-hydrogen) atoms. The van der Waals surface area contributed by atoms with Gasteiger partial charge in [0.15, 0.2) is 0 Å². The molecule has 0 aliphatic carbocycles. The molecular weight excluding hydrogens is 785 g/mol. The zero-order chi connectivity index (χ0) is 43.4. The molecule has 0 radical (unpaired) electrons. The summed E-state index contributed by atoms with van der Waals surface area (Å²) in [5, 5.41) is 15.4. The lowest BCUT2D eigenvalue weighted by atomic mass is 10.0. The van der Waals surface area contributed by atoms with Crippen LogP contribution in [0.5, 0.6) is 0 Å². The molecule has 0 spiro atoms. The molecule has 308 valence electrons. The van der Waals surface area contributed by atoms with Crippen LogP contribution in [-0.2, 0) is 19.3 Å². The Bertz CT molecular complexity index is 3000. The minimum absolute atomic E-state index is 0.208. The van der Waals surface area contributed by atoms with E-state index in [1.54, 1.807) is 60.2 Å². The van der Waals surface area contributed by atoms with Crippen LogP contribution in [0.25, 0.3) is 11.4 Å². The molecule has 0 atom stereocenters. The number of nitrogens with one attached hydrogen (secondary N) is 2. The van der Waals surface area contributed by atoms with Gasteiger partial charge in [-0.15, -0.1) is 0 Å². The molecule has 0 unspecified atom stereocenters. The zero-order valence-corrected chi connectivity index (χ0v) is 34.8. The lowest BCUT2D eigenvalue weighted by molar-refractivity contribution is 0.0945. The van der Waals surface area contributed by atoms with E-state index < -0.39 is 0 Å². The van der Waals surface area contributed by atoms with Crippen molar-refractivity contribution in [2.45, 2.75) is 33.1 Å². The van der Waals surface area contributed by atoms with Crippen LogP contribution in [0.3, 0.4) is 0 Å². The van der Waals surface area contributed by atoms with E-state index in [-0.39, 0.29) is 11.8 Å². The second kappa shape index (κ2) is 19.7. The molecule has 4 aromatic carbocycles. The maximum atomic E-state index is 13.4. The first-order valence-corrected chi connectivity index (χ1v) is 20.5. The van der Waals surface area contributed by atoms with Gasteiger partial charge in [-0.2, -0.15) is 10.2 Å². The van der Waals surface area contributed by atoms with E-state index in [1.807, 2.05) is 90.6 Å². The SMILES string of the molecule is Cc1nn(-c2ccc(C(=O)NCCc3cnccn3)cc2C#Cc2ccccc2)c(Cc2cccc(C#Cc3cc(C(=O)NCCc4cnccn4)ccc3-n3cccn3)c2)c1C. The Morgan fingerprint density at radius 1 is 0.619 bits per heavy atom. The molecule has 12 nitrogen and oxygen atoms in total. The van der Waals surface area contributed by atoms with Crippen molar-refractivity contribution in [3.63, 3.8) is 0 Å². The number of carbonyl (C=O) groups excluding carboxylic acids is 2. The molecule has 4 aromatic heterocycles. The second-order valence-corrected chi connectivity index (χ2v) is 14.6. The van der Waals surface area contributed by atoms with E-state index in [0.29, 0.717) is 54.6 Å². The van der Waals surface area contributed by atoms with Crippen molar-refractivity contribution in [3.05, 3.63) is 214 Å². The van der Waals surface area contributed by atoms with Gasteiger partial charge in [-0.25, -0.2) is 9.36 Å². The average molecular weight is 827 g/mol. The van der Waals surface area contributed by atoms with Gasteiger partial charge in [-0.1, -0.05) is 54.0 Å². The van der Waals surface area contributed by atoms with Gasteiger partial charge < -0.3 is 10.6 Å². The number of hydrogen-bond acceptors (Lipinski definition) is 8. The van der Waals surface area contributed by atoms with Gasteiger partial charge in [0, 0.05) is 104 Å². The Labute approximate surface area is 365 Å². The third-order valence-electron chi connectivity index (χ3n) is 10.3. The molecular formula is C51H42N10O2. The monoisotopic (exact) mass is 826 g/mol. The third kappa shape index (κ3) is 10.5. The second-order valence-electron chi connectivity index (χ2n) is 14.6. The van der Waals surface area contributed by atoms with Crippen molar-refractivity contribution in [1.29, 1.82) is 0 Å². The highest BCUT2D eigenvalue weighted by Crippen LogP contribution is 2.25. The normalized spacial score (nSPS) is 10.6. The molecule has 0 fully saturated rings. The maximum Gasteiger partial charge on any atom is 0.251 e. The van der Waals surface area contributed by atoms with E-state index >= 15 is 0 Å². The lowest BCUT2D eigenvalue weighted by Crippen LogP contribution is -2.26. The predicted octanol–water partition coefficient (Wildman–Crippen LogP) is 6.59. The van der Waals surface area contributed by atoms with Crippen LogP contribution in [0, 0.1) is 37.5 Å². The molecule has 8 rings (SSSR count). The average Bonchev–Trinajstić information content (AvgIpc) is 3.96. The quantitative estimate of drug-likeness (QED) is 0.131. The molecule has 2 N–H and O–H groups in total. The number of amides is 2. The Morgan fingerprint density at radius 3 is 1.86 bits per heavy atom. The summed E-state index contributed by atoms with van der Waals surface area (Å²) in [7, 11) is 0. The van der Waals surface area contributed by atoms with Crippen LogP contribution in [0.2, 0.25) is 0 Å². The lowest BCUT2D eigenvalue weighted by Gasteiger charge is -2.13. The first-order valence-electron chi connectivity index (χ1n) is 20.5. The first kappa shape index (κ1) is 41.3. The molecule has 0 saturated carbocycles. The number of hydrogen-bond donors (Lipinski definition) is 2. The van der Waals surface area contributed by atoms with Crippen molar-refractivity contribution < 1.29 is 9.59 Å². The number of aryl methyl sites for hydroxylation is 1. The fourth-order valence-corrected chi connectivity index (χ4v) is 6.89. The fraction of sp³-hybridized carbons (Fsp3) is 0.137. The standard InChI is InChI=1S/C51H42N10O2/c1-36-37(2)59-61(48-19-17-44(33-42(48)14-12-38-8-4-3-5-9-38)51(63)57-24-21-46-35-53-26-28-55-46)49(36)31-40-11-6-10-39(30-40)13-15-41-32-43(16-18-47(41)60-29-7-22-58-60)50(62)56-23-20-45-34-52-25-27-54-45/h3-11,16-19,22,25-30,32-35H,20-21,23-24,31H2,1-2H3,(H,56,62)(H,57,63). The van der Waals surface area contributed by atoms with Gasteiger partial charge in [0.05, 0.1) is 45.3 Å². The number of nitrogens with zero attached hydrogens (tertiary/aromatic N) is 8. The molecule has 0 aliphatic heterocycles. The van der Waals surface area contributed by atoms with Crippen LogP contribution in [0.1, 0.15) is 76.9 Å². The highest BCUT2D eigenvalue weighted by Gasteiger charge is 2.18. The summed E-state index contributed by atoms with van der Waals surface area (Å²) in [5.74, 6) is 12.9. The fourth-order valence-electron chi connectivity index (χ4n) is 6.89. The zero-order valence-electron chi connectivity index (χ0n) is 34.8. The van der Waals surface area contributed by atoms with E-state index in [0.717, 1.165) is 56.4 Å². The van der Waals surface area contributed by atoms with E-state index in [1.165, 1.54) is 0 Å². The van der Waals surface area contributed by atoms with Gasteiger partial charge in [-0.05, 0) is 91.7 Å². The van der Waals surface area contributed by atoms with Crippen molar-refractivity contribution >= 4 is 11.8 Å². The highest BCUT2D eigenvalue weighted by atomic mass is 16.2. The Hall–Kier alpha value is -8.48. The van der Waals surface area contributed by atoms with E-state index in [2.05, 4.69) is 78.4 Å². The summed E-state index contributed by atoms with van der Waals surface area (Å²) in [6.45, 7) is 4.90. The predicted molar refractivity (Wildman–Crippen MR) is 240 cm³/mol. The van der Waals surface area contributed by atoms with Gasteiger partial charge in [0.2, 0.25) is 0 Å². The number of benzene rings is 4. The molecule has 8 aromatic rings. The molecule has 12 heteroatoms. The molecule has 0 bridgehead atoms. The summed E-state index contributed by atoms with van der Waals surface area (Å²) in [4.78, 5) is 43.4. The Kier molecular flexibility index (Phi) is 12.9. The van der Waals surface area contributed by atoms with Crippen molar-refractivity contribution in [2.75, 3.05) is 13.1 Å². The molecule has 4 heterocycles. The Balaban J connectivity index is 1.06. The van der Waals surface area contributed by atoms with Gasteiger partial charge in [0.1, 0.15) is 0 Å². The van der Waals surface area contributed by atoms with Gasteiger partial charge in [0.25, 0.3) is 11.8 Å². The van der Waals surface area contributed by atoms with Crippen molar-refractivity contribution in [2.24, 2.45) is 0 Å². The van der Waals surface area contributed by atoms with Gasteiger partial charge in [-0.3, -0.25) is 29.5 Å². The van der Waals surface area contributed by atoms with Crippen LogP contribution in [0.15, 0.2) is 147 Å². The summed E-state index contributed by atoms with van der Waals surface area (Å²) in [6, 6.07) is 30.7.